The topological polar surface area (TPSA) is 21.3 Å². The quantitative estimate of drug-likeness (QED) is 0.705. The van der Waals surface area contributed by atoms with Crippen molar-refractivity contribution < 1.29 is 4.74 Å². The molecule has 0 amide bonds. The molecule has 1 radical (unpaired) electrons. The van der Waals surface area contributed by atoms with Gasteiger partial charge < -0.3 is 10.1 Å². The van der Waals surface area contributed by atoms with Crippen molar-refractivity contribution in [2.75, 3.05) is 5.32 Å². The molecule has 0 fully saturated rings. The van der Waals surface area contributed by atoms with Gasteiger partial charge in [0.2, 0.25) is 0 Å². The first-order valence-corrected chi connectivity index (χ1v) is 3.99. The van der Waals surface area contributed by atoms with Crippen molar-refractivity contribution in [2.45, 2.75) is 0 Å². The zero-order chi connectivity index (χ0) is 8.97. The predicted molar refractivity (Wildman–Crippen MR) is 54.1 cm³/mol. The van der Waals surface area contributed by atoms with E-state index in [9.17, 15) is 0 Å². The second-order valence-corrected chi connectivity index (χ2v) is 2.87. The van der Waals surface area contributed by atoms with Crippen LogP contribution in [-0.4, -0.2) is 5.17 Å². The van der Waals surface area contributed by atoms with E-state index in [1.807, 2.05) is 0 Å². The van der Waals surface area contributed by atoms with E-state index in [-0.39, 0.29) is 5.17 Å². The van der Waals surface area contributed by atoms with Crippen LogP contribution in [0.4, 0.5) is 5.69 Å². The SMILES string of the molecule is [CH2]OC(=S)Nc1ccc(Cl)cc1. The summed E-state index contributed by atoms with van der Waals surface area (Å²) in [5, 5.41) is 3.72. The van der Waals surface area contributed by atoms with Crippen LogP contribution >= 0.6 is 23.8 Å². The molecule has 0 saturated heterocycles. The normalized spacial score (nSPS) is 9.17. The summed E-state index contributed by atoms with van der Waals surface area (Å²) in [7, 11) is 3.17. The first kappa shape index (κ1) is 9.29. The first-order chi connectivity index (χ1) is 5.72. The summed E-state index contributed by atoms with van der Waals surface area (Å²) < 4.78 is 4.52. The van der Waals surface area contributed by atoms with Crippen LogP contribution in [0.15, 0.2) is 24.3 Å². The number of ether oxygens (including phenoxy) is 1. The highest BCUT2D eigenvalue weighted by molar-refractivity contribution is 7.80. The molecule has 0 bridgehead atoms. The van der Waals surface area contributed by atoms with Crippen LogP contribution in [-0.2, 0) is 4.74 Å². The van der Waals surface area contributed by atoms with Crippen LogP contribution in [0.1, 0.15) is 0 Å². The molecule has 0 unspecified atom stereocenters. The molecule has 1 aromatic rings. The van der Waals surface area contributed by atoms with Crippen LogP contribution in [0.3, 0.4) is 0 Å². The van der Waals surface area contributed by atoms with E-state index in [1.54, 1.807) is 24.3 Å². The molecule has 0 aromatic heterocycles. The lowest BCUT2D eigenvalue weighted by molar-refractivity contribution is 0.475. The smallest absolute Gasteiger partial charge is 0.261 e. The maximum Gasteiger partial charge on any atom is 0.261 e. The van der Waals surface area contributed by atoms with Crippen molar-refractivity contribution in [3.63, 3.8) is 0 Å². The molecule has 63 valence electrons. The molecule has 0 spiro atoms. The number of nitrogens with one attached hydrogen (secondary N) is 1. The summed E-state index contributed by atoms with van der Waals surface area (Å²) in [6, 6.07) is 7.12. The molecule has 1 rings (SSSR count). The molecular formula is C8H7ClNOS. The van der Waals surface area contributed by atoms with Crippen LogP contribution in [0.5, 0.6) is 0 Å². The van der Waals surface area contributed by atoms with Gasteiger partial charge in [-0.2, -0.15) is 0 Å². The average Bonchev–Trinajstić information content (AvgIpc) is 2.09. The van der Waals surface area contributed by atoms with E-state index in [1.165, 1.54) is 0 Å². The fourth-order valence-electron chi connectivity index (χ4n) is 0.687. The highest BCUT2D eigenvalue weighted by Gasteiger charge is 1.95. The van der Waals surface area contributed by atoms with Gasteiger partial charge in [0.25, 0.3) is 5.17 Å². The van der Waals surface area contributed by atoms with Gasteiger partial charge >= 0.3 is 0 Å². The van der Waals surface area contributed by atoms with E-state index in [4.69, 9.17) is 23.8 Å². The fraction of sp³-hybridized carbons (Fsp3) is 0. The molecule has 1 N–H and O–H groups in total. The Balaban J connectivity index is 2.64. The highest BCUT2D eigenvalue weighted by atomic mass is 35.5. The second-order valence-electron chi connectivity index (χ2n) is 2.06. The van der Waals surface area contributed by atoms with Crippen molar-refractivity contribution in [1.82, 2.24) is 0 Å². The third-order valence-corrected chi connectivity index (χ3v) is 1.69. The van der Waals surface area contributed by atoms with Crippen molar-refractivity contribution >= 4 is 34.7 Å². The largest absolute Gasteiger partial charge is 0.467 e. The minimum absolute atomic E-state index is 0.234. The van der Waals surface area contributed by atoms with Gasteiger partial charge in [0.1, 0.15) is 7.11 Å². The Bertz CT molecular complexity index is 273. The van der Waals surface area contributed by atoms with Crippen LogP contribution in [0, 0.1) is 7.11 Å². The Morgan fingerprint density at radius 2 is 2.00 bits per heavy atom. The third kappa shape index (κ3) is 2.68. The molecule has 12 heavy (non-hydrogen) atoms. The van der Waals surface area contributed by atoms with Gasteiger partial charge in [-0.25, -0.2) is 0 Å². The van der Waals surface area contributed by atoms with E-state index < -0.39 is 0 Å². The van der Waals surface area contributed by atoms with Crippen LogP contribution < -0.4 is 5.32 Å². The minimum atomic E-state index is 0.234. The van der Waals surface area contributed by atoms with E-state index in [2.05, 4.69) is 17.2 Å². The zero-order valence-corrected chi connectivity index (χ0v) is 7.78. The van der Waals surface area contributed by atoms with Crippen LogP contribution in [0.2, 0.25) is 5.02 Å². The van der Waals surface area contributed by atoms with Gasteiger partial charge in [-0.05, 0) is 36.5 Å². The Morgan fingerprint density at radius 3 is 2.50 bits per heavy atom. The third-order valence-electron chi connectivity index (χ3n) is 1.22. The summed E-state index contributed by atoms with van der Waals surface area (Å²) in [6.45, 7) is 0. The lowest BCUT2D eigenvalue weighted by Crippen LogP contribution is -2.09. The zero-order valence-electron chi connectivity index (χ0n) is 6.21. The Kier molecular flexibility index (Phi) is 3.31. The molecule has 1 aromatic carbocycles. The number of hydrogen-bond donors (Lipinski definition) is 1. The van der Waals surface area contributed by atoms with Crippen molar-refractivity contribution in [2.24, 2.45) is 0 Å². The first-order valence-electron chi connectivity index (χ1n) is 3.21. The van der Waals surface area contributed by atoms with Gasteiger partial charge in [-0.15, -0.1) is 0 Å². The van der Waals surface area contributed by atoms with Crippen molar-refractivity contribution in [3.8, 4) is 0 Å². The van der Waals surface area contributed by atoms with E-state index in [0.29, 0.717) is 5.02 Å². The molecule has 4 heteroatoms. The standard InChI is InChI=1S/C8H7ClNOS/c1-11-8(12)10-7-4-2-6(9)3-5-7/h2-5H,1H2,(H,10,12). The van der Waals surface area contributed by atoms with Gasteiger partial charge in [-0.1, -0.05) is 11.6 Å². The molecule has 0 aliphatic rings. The molecule has 0 aliphatic carbocycles. The summed E-state index contributed by atoms with van der Waals surface area (Å²) in [5.74, 6) is 0. The summed E-state index contributed by atoms with van der Waals surface area (Å²) in [6.07, 6.45) is 0. The molecule has 0 atom stereocenters. The lowest BCUT2D eigenvalue weighted by Gasteiger charge is -2.04. The number of benzene rings is 1. The van der Waals surface area contributed by atoms with Crippen molar-refractivity contribution in [3.05, 3.63) is 36.4 Å². The predicted octanol–water partition coefficient (Wildman–Crippen LogP) is 2.84. The molecule has 2 nitrogen and oxygen atoms in total. The maximum absolute atomic E-state index is 5.68. The number of hydrogen-bond acceptors (Lipinski definition) is 2. The maximum atomic E-state index is 5.68. The monoisotopic (exact) mass is 200 g/mol. The number of halogens is 1. The van der Waals surface area contributed by atoms with Gasteiger partial charge in [-0.3, -0.25) is 0 Å². The Morgan fingerprint density at radius 1 is 1.42 bits per heavy atom. The molecular weight excluding hydrogens is 194 g/mol. The minimum Gasteiger partial charge on any atom is -0.467 e. The number of rotatable bonds is 1. The van der Waals surface area contributed by atoms with Crippen LogP contribution in [0.25, 0.3) is 0 Å². The average molecular weight is 201 g/mol. The molecule has 0 saturated carbocycles. The van der Waals surface area contributed by atoms with E-state index >= 15 is 0 Å². The summed E-state index contributed by atoms with van der Waals surface area (Å²) in [4.78, 5) is 0. The van der Waals surface area contributed by atoms with E-state index in [0.717, 1.165) is 5.69 Å². The molecule has 0 heterocycles. The second kappa shape index (κ2) is 4.28. The number of thiocarbonyl (C=S) groups is 1. The van der Waals surface area contributed by atoms with Gasteiger partial charge in [0, 0.05) is 10.7 Å². The summed E-state index contributed by atoms with van der Waals surface area (Å²) in [5.41, 5.74) is 0.827. The van der Waals surface area contributed by atoms with Crippen molar-refractivity contribution in [1.29, 1.82) is 0 Å². The Labute approximate surface area is 81.5 Å². The van der Waals surface area contributed by atoms with Gasteiger partial charge in [0.15, 0.2) is 0 Å². The fourth-order valence-corrected chi connectivity index (χ4v) is 0.931. The highest BCUT2D eigenvalue weighted by Crippen LogP contribution is 2.13. The lowest BCUT2D eigenvalue weighted by atomic mass is 10.3. The molecule has 0 aliphatic heterocycles. The Hall–Kier alpha value is -0.800. The number of anilines is 1. The summed E-state index contributed by atoms with van der Waals surface area (Å²) >= 11 is 10.4. The van der Waals surface area contributed by atoms with Gasteiger partial charge in [0.05, 0.1) is 0 Å².